The molecule has 5 heteroatoms. The highest BCUT2D eigenvalue weighted by atomic mass is 127. The summed E-state index contributed by atoms with van der Waals surface area (Å²) in [6.07, 6.45) is 7.37. The van der Waals surface area contributed by atoms with Crippen molar-refractivity contribution in [3.05, 3.63) is 0 Å². The van der Waals surface area contributed by atoms with E-state index < -0.39 is 0 Å². The number of thioether (sulfide) groups is 1. The van der Waals surface area contributed by atoms with E-state index in [2.05, 4.69) is 42.7 Å². The van der Waals surface area contributed by atoms with Crippen LogP contribution in [0, 0.1) is 5.92 Å². The lowest BCUT2D eigenvalue weighted by atomic mass is 9.87. The van der Waals surface area contributed by atoms with Gasteiger partial charge in [-0.2, -0.15) is 11.8 Å². The van der Waals surface area contributed by atoms with Crippen LogP contribution in [-0.2, 0) is 0 Å². The summed E-state index contributed by atoms with van der Waals surface area (Å²) in [4.78, 5) is 4.32. The van der Waals surface area contributed by atoms with Crippen molar-refractivity contribution in [2.75, 3.05) is 19.8 Å². The smallest absolute Gasteiger partial charge is 0.191 e. The Hall–Kier alpha value is 0.350. The molecule has 1 aliphatic carbocycles. The van der Waals surface area contributed by atoms with Crippen LogP contribution in [0.15, 0.2) is 4.99 Å². The molecule has 0 heterocycles. The molecule has 0 aromatic heterocycles. The maximum Gasteiger partial charge on any atom is 0.191 e. The number of hydrogen-bond acceptors (Lipinski definition) is 2. The van der Waals surface area contributed by atoms with E-state index in [-0.39, 0.29) is 28.7 Å². The van der Waals surface area contributed by atoms with Crippen LogP contribution < -0.4 is 10.6 Å². The standard InChI is InChI=1S/C14H29N3S.HI/c1-11-6-8-12(9-7-11)17-13(15-4)16-10-14(2,3)18-5;/h11-12H,6-10H2,1-5H3,(H2,15,16,17);1H. The first kappa shape index (κ1) is 19.4. The van der Waals surface area contributed by atoms with Crippen LogP contribution in [0.25, 0.3) is 0 Å². The van der Waals surface area contributed by atoms with E-state index in [0.717, 1.165) is 18.4 Å². The summed E-state index contributed by atoms with van der Waals surface area (Å²) in [5.41, 5.74) is 0. The van der Waals surface area contributed by atoms with Crippen LogP contribution in [0.1, 0.15) is 46.5 Å². The molecule has 1 fully saturated rings. The highest BCUT2D eigenvalue weighted by molar-refractivity contribution is 14.0. The summed E-state index contributed by atoms with van der Waals surface area (Å²) in [7, 11) is 1.85. The van der Waals surface area contributed by atoms with Gasteiger partial charge in [0.25, 0.3) is 0 Å². The number of guanidine groups is 1. The Labute approximate surface area is 140 Å². The molecular weight excluding hydrogens is 369 g/mol. The molecule has 114 valence electrons. The fourth-order valence-electron chi connectivity index (χ4n) is 2.16. The average Bonchev–Trinajstić information content (AvgIpc) is 2.37. The topological polar surface area (TPSA) is 36.4 Å². The minimum Gasteiger partial charge on any atom is -0.355 e. The second-order valence-electron chi connectivity index (χ2n) is 5.99. The Morgan fingerprint density at radius 3 is 2.32 bits per heavy atom. The second-order valence-corrected chi connectivity index (χ2v) is 7.50. The van der Waals surface area contributed by atoms with Crippen molar-refractivity contribution in [3.63, 3.8) is 0 Å². The van der Waals surface area contributed by atoms with Gasteiger partial charge in [0.1, 0.15) is 0 Å². The van der Waals surface area contributed by atoms with E-state index >= 15 is 0 Å². The zero-order valence-electron chi connectivity index (χ0n) is 13.0. The third-order valence-electron chi connectivity index (χ3n) is 3.81. The molecule has 0 bridgehead atoms. The van der Waals surface area contributed by atoms with Crippen molar-refractivity contribution in [2.24, 2.45) is 10.9 Å². The molecule has 0 unspecified atom stereocenters. The lowest BCUT2D eigenvalue weighted by Gasteiger charge is -2.29. The van der Waals surface area contributed by atoms with Crippen molar-refractivity contribution in [1.82, 2.24) is 10.6 Å². The molecule has 0 aromatic carbocycles. The van der Waals surface area contributed by atoms with E-state index in [1.807, 2.05) is 18.8 Å². The van der Waals surface area contributed by atoms with Gasteiger partial charge in [0.05, 0.1) is 0 Å². The van der Waals surface area contributed by atoms with Gasteiger partial charge in [0.15, 0.2) is 5.96 Å². The third kappa shape index (κ3) is 7.63. The van der Waals surface area contributed by atoms with E-state index in [9.17, 15) is 0 Å². The quantitative estimate of drug-likeness (QED) is 0.432. The number of hydrogen-bond donors (Lipinski definition) is 2. The first-order valence-corrected chi connectivity index (χ1v) is 8.21. The molecular formula is C14H30IN3S. The number of nitrogens with one attached hydrogen (secondary N) is 2. The molecule has 0 aliphatic heterocycles. The van der Waals surface area contributed by atoms with Gasteiger partial charge in [0, 0.05) is 24.4 Å². The summed E-state index contributed by atoms with van der Waals surface area (Å²) in [6.45, 7) is 7.79. The molecule has 19 heavy (non-hydrogen) atoms. The zero-order chi connectivity index (χ0) is 13.6. The molecule has 1 saturated carbocycles. The Bertz CT molecular complexity index is 274. The van der Waals surface area contributed by atoms with E-state index in [1.165, 1.54) is 25.7 Å². The van der Waals surface area contributed by atoms with Crippen molar-refractivity contribution in [3.8, 4) is 0 Å². The Morgan fingerprint density at radius 2 is 1.84 bits per heavy atom. The first-order chi connectivity index (χ1) is 8.46. The predicted octanol–water partition coefficient (Wildman–Crippen LogP) is 3.49. The molecule has 3 nitrogen and oxygen atoms in total. The van der Waals surface area contributed by atoms with Crippen molar-refractivity contribution >= 4 is 41.7 Å². The molecule has 0 amide bonds. The summed E-state index contributed by atoms with van der Waals surface area (Å²) in [5.74, 6) is 1.85. The predicted molar refractivity (Wildman–Crippen MR) is 98.9 cm³/mol. The van der Waals surface area contributed by atoms with Gasteiger partial charge in [-0.05, 0) is 51.7 Å². The monoisotopic (exact) mass is 399 g/mol. The maximum atomic E-state index is 4.32. The van der Waals surface area contributed by atoms with Crippen LogP contribution in [0.5, 0.6) is 0 Å². The third-order valence-corrected chi connectivity index (χ3v) is 5.06. The zero-order valence-corrected chi connectivity index (χ0v) is 16.1. The second kappa shape index (κ2) is 9.32. The summed E-state index contributed by atoms with van der Waals surface area (Å²) >= 11 is 1.88. The number of aliphatic imine (C=N–C) groups is 1. The fourth-order valence-corrected chi connectivity index (χ4v) is 2.38. The molecule has 0 atom stereocenters. The first-order valence-electron chi connectivity index (χ1n) is 6.99. The summed E-state index contributed by atoms with van der Waals surface area (Å²) in [5, 5.41) is 6.99. The van der Waals surface area contributed by atoms with Crippen molar-refractivity contribution in [1.29, 1.82) is 0 Å². The normalized spacial score (nSPS) is 24.6. The van der Waals surface area contributed by atoms with E-state index in [4.69, 9.17) is 0 Å². The largest absolute Gasteiger partial charge is 0.355 e. The molecule has 0 radical (unpaired) electrons. The van der Waals surface area contributed by atoms with Gasteiger partial charge in [-0.15, -0.1) is 24.0 Å². The van der Waals surface area contributed by atoms with Gasteiger partial charge in [-0.25, -0.2) is 0 Å². The van der Waals surface area contributed by atoms with Crippen LogP contribution in [0.4, 0.5) is 0 Å². The Kier molecular flexibility index (Phi) is 9.49. The Balaban J connectivity index is 0.00000324. The van der Waals surface area contributed by atoms with Gasteiger partial charge < -0.3 is 10.6 Å². The summed E-state index contributed by atoms with van der Waals surface area (Å²) < 4.78 is 0.249. The lowest BCUT2D eigenvalue weighted by Crippen LogP contribution is -2.47. The van der Waals surface area contributed by atoms with Gasteiger partial charge in [-0.1, -0.05) is 6.92 Å². The van der Waals surface area contributed by atoms with Gasteiger partial charge in [-0.3, -0.25) is 4.99 Å². The van der Waals surface area contributed by atoms with Crippen molar-refractivity contribution < 1.29 is 0 Å². The SMILES string of the molecule is CN=C(NCC(C)(C)SC)NC1CCC(C)CC1.I. The molecule has 0 saturated heterocycles. The molecule has 0 aromatic rings. The average molecular weight is 399 g/mol. The van der Waals surface area contributed by atoms with Crippen LogP contribution in [0.2, 0.25) is 0 Å². The van der Waals surface area contributed by atoms with E-state index in [0.29, 0.717) is 6.04 Å². The Morgan fingerprint density at radius 1 is 1.26 bits per heavy atom. The van der Waals surface area contributed by atoms with Gasteiger partial charge >= 0.3 is 0 Å². The van der Waals surface area contributed by atoms with Crippen LogP contribution >= 0.6 is 35.7 Å². The lowest BCUT2D eigenvalue weighted by molar-refractivity contribution is 0.329. The van der Waals surface area contributed by atoms with Crippen LogP contribution in [-0.4, -0.2) is 36.6 Å². The van der Waals surface area contributed by atoms with Crippen LogP contribution in [0.3, 0.4) is 0 Å². The molecule has 1 aliphatic rings. The molecule has 1 rings (SSSR count). The number of rotatable bonds is 4. The number of halogens is 1. The maximum absolute atomic E-state index is 4.32. The highest BCUT2D eigenvalue weighted by Crippen LogP contribution is 2.23. The van der Waals surface area contributed by atoms with Gasteiger partial charge in [0.2, 0.25) is 0 Å². The summed E-state index contributed by atoms with van der Waals surface area (Å²) in [6, 6.07) is 0.602. The minimum atomic E-state index is 0. The molecule has 2 N–H and O–H groups in total. The number of nitrogens with zero attached hydrogens (tertiary/aromatic N) is 1. The van der Waals surface area contributed by atoms with Crippen molar-refractivity contribution in [2.45, 2.75) is 57.2 Å². The molecule has 0 spiro atoms. The van der Waals surface area contributed by atoms with E-state index in [1.54, 1.807) is 0 Å². The highest BCUT2D eigenvalue weighted by Gasteiger charge is 2.20. The fraction of sp³-hybridized carbons (Fsp3) is 0.929. The minimum absolute atomic E-state index is 0.